The molecule has 0 unspecified atom stereocenters. The van der Waals surface area contributed by atoms with Gasteiger partial charge in [0.1, 0.15) is 36.2 Å². The van der Waals surface area contributed by atoms with Crippen molar-refractivity contribution in [2.45, 2.75) is 37.1 Å². The summed E-state index contributed by atoms with van der Waals surface area (Å²) in [5.41, 5.74) is 3.31. The third-order valence-electron chi connectivity index (χ3n) is 5.66. The highest BCUT2D eigenvalue weighted by molar-refractivity contribution is 5.89. The van der Waals surface area contributed by atoms with Gasteiger partial charge in [0.05, 0.1) is 32.0 Å². The summed E-state index contributed by atoms with van der Waals surface area (Å²) in [5, 5.41) is 48.0. The molecular formula is C23H25N3O7. The molecular weight excluding hydrogens is 430 g/mol. The van der Waals surface area contributed by atoms with Crippen LogP contribution in [0.5, 0.6) is 0 Å². The summed E-state index contributed by atoms with van der Waals surface area (Å²) in [5.74, 6) is -0.407. The quantitative estimate of drug-likeness (QED) is 0.385. The molecule has 3 aromatic rings. The molecule has 5 atom stereocenters. The lowest BCUT2D eigenvalue weighted by Crippen LogP contribution is -2.55. The minimum Gasteiger partial charge on any atom is -0.465 e. The fourth-order valence-electron chi connectivity index (χ4n) is 3.83. The van der Waals surface area contributed by atoms with Crippen molar-refractivity contribution in [1.82, 2.24) is 15.0 Å². The molecule has 0 aliphatic carbocycles. The number of methoxy groups -OCH3 is 1. The number of aromatic nitrogens is 3. The van der Waals surface area contributed by atoms with Gasteiger partial charge in [0, 0.05) is 5.56 Å². The van der Waals surface area contributed by atoms with E-state index in [0.29, 0.717) is 23.4 Å². The highest BCUT2D eigenvalue weighted by Gasteiger charge is 2.43. The van der Waals surface area contributed by atoms with Crippen LogP contribution in [0.25, 0.3) is 11.3 Å². The van der Waals surface area contributed by atoms with Gasteiger partial charge in [-0.3, -0.25) is 0 Å². The normalized spacial score (nSPS) is 25.1. The lowest BCUT2D eigenvalue weighted by molar-refractivity contribution is -0.231. The first-order chi connectivity index (χ1) is 15.9. The Morgan fingerprint density at radius 1 is 1.09 bits per heavy atom. The van der Waals surface area contributed by atoms with Crippen molar-refractivity contribution in [3.05, 3.63) is 71.4 Å². The maximum atomic E-state index is 11.7. The van der Waals surface area contributed by atoms with Crippen molar-refractivity contribution in [3.63, 3.8) is 0 Å². The SMILES string of the molecule is COC(=O)c1cccc(Cn2cc(-c3ccc([C@H]4O[C@H](CO)[C@@H](O)[C@H](O)[C@@H]4O)cc3)nn2)c1. The first-order valence-electron chi connectivity index (χ1n) is 10.4. The Kier molecular flexibility index (Phi) is 6.82. The van der Waals surface area contributed by atoms with Gasteiger partial charge in [-0.25, -0.2) is 9.48 Å². The Hall–Kier alpha value is -3.15. The molecule has 2 heterocycles. The molecule has 0 amide bonds. The number of rotatable bonds is 6. The second kappa shape index (κ2) is 9.77. The van der Waals surface area contributed by atoms with Crippen LogP contribution >= 0.6 is 0 Å². The lowest BCUT2D eigenvalue weighted by Gasteiger charge is -2.40. The van der Waals surface area contributed by atoms with Gasteiger partial charge in [-0.15, -0.1) is 5.10 Å². The zero-order valence-electron chi connectivity index (χ0n) is 17.9. The highest BCUT2D eigenvalue weighted by Crippen LogP contribution is 2.33. The Morgan fingerprint density at radius 2 is 1.85 bits per heavy atom. The number of hydrogen-bond acceptors (Lipinski definition) is 9. The minimum atomic E-state index is -1.43. The summed E-state index contributed by atoms with van der Waals surface area (Å²) in [6, 6.07) is 14.1. The number of aliphatic hydroxyl groups is 4. The molecule has 10 heteroatoms. The summed E-state index contributed by atoms with van der Waals surface area (Å²) in [6.45, 7) is -0.0635. The summed E-state index contributed by atoms with van der Waals surface area (Å²) in [4.78, 5) is 11.7. The molecule has 0 radical (unpaired) electrons. The molecule has 0 saturated carbocycles. The van der Waals surface area contributed by atoms with Crippen LogP contribution in [0.15, 0.2) is 54.7 Å². The Morgan fingerprint density at radius 3 is 2.55 bits per heavy atom. The Balaban J connectivity index is 1.48. The van der Waals surface area contributed by atoms with E-state index >= 15 is 0 Å². The van der Waals surface area contributed by atoms with Crippen LogP contribution in [-0.4, -0.2) is 79.5 Å². The minimum absolute atomic E-state index is 0.407. The van der Waals surface area contributed by atoms with E-state index in [1.54, 1.807) is 53.3 Å². The van der Waals surface area contributed by atoms with Crippen molar-refractivity contribution >= 4 is 5.97 Å². The lowest BCUT2D eigenvalue weighted by atomic mass is 9.91. The summed E-state index contributed by atoms with van der Waals surface area (Å²) in [6.07, 6.45) is -4.26. The maximum absolute atomic E-state index is 11.7. The average Bonchev–Trinajstić information content (AvgIpc) is 3.31. The molecule has 1 saturated heterocycles. The zero-order valence-corrected chi connectivity index (χ0v) is 17.9. The van der Waals surface area contributed by atoms with Gasteiger partial charge >= 0.3 is 5.97 Å². The molecule has 2 aromatic carbocycles. The Bertz CT molecular complexity index is 1100. The molecule has 10 nitrogen and oxygen atoms in total. The predicted molar refractivity (Wildman–Crippen MR) is 115 cm³/mol. The standard InChI is InChI=1S/C23H25N3O7/c1-32-23(31)16-4-2-3-13(9-16)10-26-11-17(24-25-26)14-5-7-15(8-6-14)22-21(30)20(29)19(28)18(12-27)33-22/h2-9,11,18-22,27-30H,10,12H2,1H3/t18-,19-,20+,21+,22-/m1/s1. The van der Waals surface area contributed by atoms with Crippen LogP contribution in [-0.2, 0) is 16.0 Å². The number of benzene rings is 2. The zero-order chi connectivity index (χ0) is 23.5. The molecule has 174 valence electrons. The van der Waals surface area contributed by atoms with Gasteiger partial charge in [-0.05, 0) is 23.3 Å². The molecule has 1 aliphatic rings. The molecule has 0 bridgehead atoms. The molecule has 1 fully saturated rings. The van der Waals surface area contributed by atoms with E-state index in [4.69, 9.17) is 9.47 Å². The van der Waals surface area contributed by atoms with Gasteiger partial charge in [-0.1, -0.05) is 41.6 Å². The van der Waals surface area contributed by atoms with E-state index < -0.39 is 43.1 Å². The number of esters is 1. The van der Waals surface area contributed by atoms with Crippen LogP contribution < -0.4 is 0 Å². The van der Waals surface area contributed by atoms with Crippen LogP contribution in [0.2, 0.25) is 0 Å². The molecule has 0 spiro atoms. The second-order valence-electron chi connectivity index (χ2n) is 7.86. The number of ether oxygens (including phenoxy) is 2. The van der Waals surface area contributed by atoms with E-state index in [1.165, 1.54) is 7.11 Å². The fourth-order valence-corrected chi connectivity index (χ4v) is 3.83. The predicted octanol–water partition coefficient (Wildman–Crippen LogP) is 0.295. The van der Waals surface area contributed by atoms with Crippen LogP contribution in [0, 0.1) is 0 Å². The van der Waals surface area contributed by atoms with E-state index in [0.717, 1.165) is 11.1 Å². The monoisotopic (exact) mass is 455 g/mol. The van der Waals surface area contributed by atoms with Crippen LogP contribution in [0.4, 0.5) is 0 Å². The smallest absolute Gasteiger partial charge is 0.337 e. The van der Waals surface area contributed by atoms with E-state index in [2.05, 4.69) is 10.3 Å². The number of carbonyl (C=O) groups excluding carboxylic acids is 1. The number of carbonyl (C=O) groups is 1. The molecule has 4 N–H and O–H groups in total. The van der Waals surface area contributed by atoms with Gasteiger partial charge in [-0.2, -0.15) is 0 Å². The van der Waals surface area contributed by atoms with Crippen molar-refractivity contribution in [2.24, 2.45) is 0 Å². The molecule has 4 rings (SSSR count). The third kappa shape index (κ3) is 4.80. The molecule has 33 heavy (non-hydrogen) atoms. The van der Waals surface area contributed by atoms with Crippen molar-refractivity contribution in [3.8, 4) is 11.3 Å². The van der Waals surface area contributed by atoms with Gasteiger partial charge < -0.3 is 29.9 Å². The van der Waals surface area contributed by atoms with E-state index in [9.17, 15) is 25.2 Å². The van der Waals surface area contributed by atoms with Crippen molar-refractivity contribution < 1.29 is 34.7 Å². The van der Waals surface area contributed by atoms with Gasteiger partial charge in [0.15, 0.2) is 0 Å². The number of hydrogen-bond donors (Lipinski definition) is 4. The largest absolute Gasteiger partial charge is 0.465 e. The third-order valence-corrected chi connectivity index (χ3v) is 5.66. The van der Waals surface area contributed by atoms with Crippen LogP contribution in [0.3, 0.4) is 0 Å². The maximum Gasteiger partial charge on any atom is 0.337 e. The molecule has 1 aliphatic heterocycles. The summed E-state index contributed by atoms with van der Waals surface area (Å²) < 4.78 is 12.0. The van der Waals surface area contributed by atoms with Crippen molar-refractivity contribution in [1.29, 1.82) is 0 Å². The van der Waals surface area contributed by atoms with Crippen molar-refractivity contribution in [2.75, 3.05) is 13.7 Å². The van der Waals surface area contributed by atoms with Gasteiger partial charge in [0.2, 0.25) is 0 Å². The van der Waals surface area contributed by atoms with E-state index in [-0.39, 0.29) is 0 Å². The number of aliphatic hydroxyl groups excluding tert-OH is 4. The highest BCUT2D eigenvalue weighted by atomic mass is 16.5. The Labute approximate surface area is 189 Å². The summed E-state index contributed by atoms with van der Waals surface area (Å²) >= 11 is 0. The number of nitrogens with zero attached hydrogens (tertiary/aromatic N) is 3. The topological polar surface area (TPSA) is 147 Å². The fraction of sp³-hybridized carbons (Fsp3) is 0.348. The first kappa shape index (κ1) is 23.0. The molecule has 1 aromatic heterocycles. The summed E-state index contributed by atoms with van der Waals surface area (Å²) in [7, 11) is 1.33. The first-order valence-corrected chi connectivity index (χ1v) is 10.4. The van der Waals surface area contributed by atoms with Gasteiger partial charge in [0.25, 0.3) is 0 Å². The average molecular weight is 455 g/mol. The van der Waals surface area contributed by atoms with Crippen LogP contribution in [0.1, 0.15) is 27.6 Å². The van der Waals surface area contributed by atoms with E-state index in [1.807, 2.05) is 6.07 Å². The second-order valence-corrected chi connectivity index (χ2v) is 7.86.